The molecule has 0 aromatic carbocycles. The standard InChI is InChI=1S/C7H15NO2/c1-6(2)5-8-7(10)3-4-9/h6,9H,3-5H2,1-2H3,(H,8,10). The van der Waals surface area contributed by atoms with Gasteiger partial charge in [-0.25, -0.2) is 0 Å². The molecule has 10 heavy (non-hydrogen) atoms. The number of carbonyl (C=O) groups excluding carboxylic acids is 1. The van der Waals surface area contributed by atoms with Crippen molar-refractivity contribution in [1.82, 2.24) is 5.32 Å². The first-order chi connectivity index (χ1) is 4.66. The SMILES string of the molecule is CC(C)CNC(=O)CCO. The number of hydrogen-bond donors (Lipinski definition) is 2. The van der Waals surface area contributed by atoms with Gasteiger partial charge in [-0.3, -0.25) is 4.79 Å². The second-order valence-corrected chi connectivity index (χ2v) is 2.67. The fraction of sp³-hybridized carbons (Fsp3) is 0.857. The Morgan fingerprint density at radius 1 is 1.60 bits per heavy atom. The maximum absolute atomic E-state index is 10.7. The molecule has 0 aliphatic heterocycles. The van der Waals surface area contributed by atoms with Gasteiger partial charge in [-0.15, -0.1) is 0 Å². The number of amides is 1. The molecular weight excluding hydrogens is 130 g/mol. The monoisotopic (exact) mass is 145 g/mol. The van der Waals surface area contributed by atoms with Gasteiger partial charge in [0.25, 0.3) is 0 Å². The van der Waals surface area contributed by atoms with E-state index in [9.17, 15) is 4.79 Å². The van der Waals surface area contributed by atoms with E-state index in [0.29, 0.717) is 12.5 Å². The van der Waals surface area contributed by atoms with Crippen molar-refractivity contribution in [2.75, 3.05) is 13.2 Å². The van der Waals surface area contributed by atoms with Crippen molar-refractivity contribution in [3.63, 3.8) is 0 Å². The van der Waals surface area contributed by atoms with Gasteiger partial charge >= 0.3 is 0 Å². The number of aliphatic hydroxyl groups is 1. The Morgan fingerprint density at radius 3 is 2.60 bits per heavy atom. The largest absolute Gasteiger partial charge is 0.396 e. The van der Waals surface area contributed by atoms with Crippen LogP contribution in [-0.4, -0.2) is 24.2 Å². The maximum Gasteiger partial charge on any atom is 0.222 e. The summed E-state index contributed by atoms with van der Waals surface area (Å²) in [6.45, 7) is 4.68. The van der Waals surface area contributed by atoms with Crippen LogP contribution < -0.4 is 5.32 Å². The summed E-state index contributed by atoms with van der Waals surface area (Å²) < 4.78 is 0. The van der Waals surface area contributed by atoms with Crippen molar-refractivity contribution in [3.05, 3.63) is 0 Å². The van der Waals surface area contributed by atoms with E-state index >= 15 is 0 Å². The van der Waals surface area contributed by atoms with Gasteiger partial charge in [0.2, 0.25) is 5.91 Å². The Kier molecular flexibility index (Phi) is 4.94. The van der Waals surface area contributed by atoms with Gasteiger partial charge in [-0.2, -0.15) is 0 Å². The van der Waals surface area contributed by atoms with E-state index in [2.05, 4.69) is 5.32 Å². The molecule has 0 atom stereocenters. The smallest absolute Gasteiger partial charge is 0.222 e. The van der Waals surface area contributed by atoms with E-state index in [4.69, 9.17) is 5.11 Å². The van der Waals surface area contributed by atoms with Gasteiger partial charge in [-0.05, 0) is 5.92 Å². The molecule has 0 bridgehead atoms. The Labute approximate surface area is 61.4 Å². The van der Waals surface area contributed by atoms with E-state index in [-0.39, 0.29) is 18.9 Å². The first-order valence-electron chi connectivity index (χ1n) is 3.54. The van der Waals surface area contributed by atoms with E-state index < -0.39 is 0 Å². The van der Waals surface area contributed by atoms with Crippen molar-refractivity contribution < 1.29 is 9.90 Å². The summed E-state index contributed by atoms with van der Waals surface area (Å²) in [6, 6.07) is 0. The molecule has 3 heteroatoms. The van der Waals surface area contributed by atoms with Crippen molar-refractivity contribution in [2.45, 2.75) is 20.3 Å². The van der Waals surface area contributed by atoms with Crippen LogP contribution in [0.1, 0.15) is 20.3 Å². The zero-order valence-corrected chi connectivity index (χ0v) is 6.55. The minimum absolute atomic E-state index is 0.0655. The minimum atomic E-state index is -0.0730. The third kappa shape index (κ3) is 5.56. The average molecular weight is 145 g/mol. The van der Waals surface area contributed by atoms with Crippen molar-refractivity contribution in [3.8, 4) is 0 Å². The lowest BCUT2D eigenvalue weighted by atomic mass is 10.2. The second kappa shape index (κ2) is 5.23. The highest BCUT2D eigenvalue weighted by atomic mass is 16.3. The van der Waals surface area contributed by atoms with Crippen LogP contribution in [0.2, 0.25) is 0 Å². The predicted molar refractivity (Wildman–Crippen MR) is 39.6 cm³/mol. The molecule has 0 saturated heterocycles. The van der Waals surface area contributed by atoms with Crippen LogP contribution in [0.5, 0.6) is 0 Å². The molecule has 0 fully saturated rings. The summed E-state index contributed by atoms with van der Waals surface area (Å²) in [5.41, 5.74) is 0. The maximum atomic E-state index is 10.7. The van der Waals surface area contributed by atoms with Crippen molar-refractivity contribution in [1.29, 1.82) is 0 Å². The fourth-order valence-corrected chi connectivity index (χ4v) is 0.508. The molecule has 0 unspecified atom stereocenters. The van der Waals surface area contributed by atoms with Crippen LogP contribution in [0.15, 0.2) is 0 Å². The number of nitrogens with one attached hydrogen (secondary N) is 1. The Bertz CT molecular complexity index is 102. The number of rotatable bonds is 4. The predicted octanol–water partition coefficient (Wildman–Crippen LogP) is 0.141. The van der Waals surface area contributed by atoms with Crippen LogP contribution in [0.4, 0.5) is 0 Å². The number of hydrogen-bond acceptors (Lipinski definition) is 2. The number of carbonyl (C=O) groups is 1. The van der Waals surface area contributed by atoms with Crippen LogP contribution in [0, 0.1) is 5.92 Å². The van der Waals surface area contributed by atoms with E-state index in [0.717, 1.165) is 0 Å². The fourth-order valence-electron chi connectivity index (χ4n) is 0.508. The molecule has 0 aromatic rings. The van der Waals surface area contributed by atoms with Crippen LogP contribution in [0.3, 0.4) is 0 Å². The third-order valence-electron chi connectivity index (χ3n) is 1.05. The molecule has 2 N–H and O–H groups in total. The molecule has 60 valence electrons. The summed E-state index contributed by atoms with van der Waals surface area (Å²) in [6.07, 6.45) is 0.215. The first kappa shape index (κ1) is 9.43. The Morgan fingerprint density at radius 2 is 2.20 bits per heavy atom. The zero-order chi connectivity index (χ0) is 7.98. The Balaban J connectivity index is 3.22. The first-order valence-corrected chi connectivity index (χ1v) is 3.54. The van der Waals surface area contributed by atoms with Crippen molar-refractivity contribution in [2.24, 2.45) is 5.92 Å². The molecule has 1 amide bonds. The zero-order valence-electron chi connectivity index (χ0n) is 6.55. The molecule has 0 rings (SSSR count). The molecular formula is C7H15NO2. The molecule has 0 spiro atoms. The van der Waals surface area contributed by atoms with Crippen LogP contribution in [-0.2, 0) is 4.79 Å². The minimum Gasteiger partial charge on any atom is -0.396 e. The molecule has 0 aromatic heterocycles. The Hall–Kier alpha value is -0.570. The highest BCUT2D eigenvalue weighted by Gasteiger charge is 1.99. The van der Waals surface area contributed by atoms with Gasteiger partial charge in [0.1, 0.15) is 0 Å². The quantitative estimate of drug-likeness (QED) is 0.591. The molecule has 0 radical (unpaired) electrons. The normalized spacial score (nSPS) is 10.0. The lowest BCUT2D eigenvalue weighted by molar-refractivity contribution is -0.121. The topological polar surface area (TPSA) is 49.3 Å². The summed E-state index contributed by atoms with van der Waals surface area (Å²) in [7, 11) is 0. The van der Waals surface area contributed by atoms with E-state index in [1.54, 1.807) is 0 Å². The summed E-state index contributed by atoms with van der Waals surface area (Å²) in [4.78, 5) is 10.7. The average Bonchev–Trinajstić information content (AvgIpc) is 1.85. The molecule has 3 nitrogen and oxygen atoms in total. The highest BCUT2D eigenvalue weighted by Crippen LogP contribution is 1.87. The van der Waals surface area contributed by atoms with E-state index in [1.165, 1.54) is 0 Å². The molecule has 0 aliphatic carbocycles. The third-order valence-corrected chi connectivity index (χ3v) is 1.05. The molecule has 0 saturated carbocycles. The summed E-state index contributed by atoms with van der Waals surface area (Å²) in [5.74, 6) is 0.402. The van der Waals surface area contributed by atoms with Crippen molar-refractivity contribution >= 4 is 5.91 Å². The van der Waals surface area contributed by atoms with Crippen LogP contribution in [0.25, 0.3) is 0 Å². The molecule has 0 aliphatic rings. The lowest BCUT2D eigenvalue weighted by Gasteiger charge is -2.05. The summed E-state index contributed by atoms with van der Waals surface area (Å²) in [5, 5.41) is 11.0. The van der Waals surface area contributed by atoms with Gasteiger partial charge in [0, 0.05) is 13.0 Å². The lowest BCUT2D eigenvalue weighted by Crippen LogP contribution is -2.27. The van der Waals surface area contributed by atoms with Gasteiger partial charge in [-0.1, -0.05) is 13.8 Å². The van der Waals surface area contributed by atoms with Gasteiger partial charge < -0.3 is 10.4 Å². The summed E-state index contributed by atoms with van der Waals surface area (Å²) >= 11 is 0. The second-order valence-electron chi connectivity index (χ2n) is 2.67. The van der Waals surface area contributed by atoms with Gasteiger partial charge in [0.05, 0.1) is 6.61 Å². The number of aliphatic hydroxyl groups excluding tert-OH is 1. The molecule has 0 heterocycles. The van der Waals surface area contributed by atoms with Gasteiger partial charge in [0.15, 0.2) is 0 Å². The van der Waals surface area contributed by atoms with E-state index in [1.807, 2.05) is 13.8 Å². The highest BCUT2D eigenvalue weighted by molar-refractivity contribution is 5.75. The van der Waals surface area contributed by atoms with Crippen LogP contribution >= 0.6 is 0 Å².